The smallest absolute Gasteiger partial charge is 0.213 e. The van der Waals surface area contributed by atoms with Crippen molar-refractivity contribution in [2.24, 2.45) is 0 Å². The van der Waals surface area contributed by atoms with Gasteiger partial charge in [0.15, 0.2) is 0 Å². The van der Waals surface area contributed by atoms with Gasteiger partial charge in [0.1, 0.15) is 0 Å². The molecule has 1 aromatic rings. The molecule has 0 aliphatic rings. The molecular weight excluding hydrogens is 419 g/mol. The molecule has 148 valence electrons. The number of rotatable bonds is 10. The third-order valence-electron chi connectivity index (χ3n) is 3.75. The lowest BCUT2D eigenvalue weighted by molar-refractivity contribution is -0.210. The van der Waals surface area contributed by atoms with Crippen molar-refractivity contribution < 1.29 is 17.9 Å². The van der Waals surface area contributed by atoms with Gasteiger partial charge in [0.25, 0.3) is 0 Å². The number of hydrogen-bond donors (Lipinski definition) is 2. The van der Waals surface area contributed by atoms with E-state index in [4.69, 9.17) is 44.9 Å². The van der Waals surface area contributed by atoms with Crippen LogP contribution in [0.1, 0.15) is 25.3 Å². The number of thiocarbonyl (C=S) groups is 1. The number of halogens is 2. The summed E-state index contributed by atoms with van der Waals surface area (Å²) in [6.07, 6.45) is 2.42. The van der Waals surface area contributed by atoms with Crippen molar-refractivity contribution in [3.8, 4) is 0 Å². The maximum absolute atomic E-state index is 11.6. The lowest BCUT2D eigenvalue weighted by atomic mass is 10.0. The first-order chi connectivity index (χ1) is 12.1. The molecule has 0 saturated carbocycles. The molecule has 0 aliphatic heterocycles. The normalized spacial score (nSPS) is 13.5. The summed E-state index contributed by atoms with van der Waals surface area (Å²) in [5, 5.41) is 3.91. The Hall–Kier alpha value is -0.480. The Balaban J connectivity index is 3.01. The molecule has 0 spiro atoms. The molecule has 1 unspecified atom stereocenters. The van der Waals surface area contributed by atoms with Gasteiger partial charge in [-0.1, -0.05) is 54.8 Å². The Kier molecular flexibility index (Phi) is 9.22. The van der Waals surface area contributed by atoms with Gasteiger partial charge in [-0.05, 0) is 18.6 Å². The molecule has 1 rings (SSSR count). The second kappa shape index (κ2) is 10.2. The third-order valence-corrected chi connectivity index (χ3v) is 5.44. The van der Waals surface area contributed by atoms with Crippen LogP contribution >= 0.6 is 35.4 Å². The molecule has 2 N–H and O–H groups in total. The Bertz CT molecular complexity index is 725. The van der Waals surface area contributed by atoms with Crippen LogP contribution in [0.25, 0.3) is 0 Å². The molecule has 0 bridgehead atoms. The summed E-state index contributed by atoms with van der Waals surface area (Å²) in [5.74, 6) is -1.21. The average molecular weight is 443 g/mol. The highest BCUT2D eigenvalue weighted by Crippen LogP contribution is 2.33. The van der Waals surface area contributed by atoms with Crippen LogP contribution in [0, 0.1) is 0 Å². The van der Waals surface area contributed by atoms with E-state index in [0.29, 0.717) is 27.0 Å². The van der Waals surface area contributed by atoms with Gasteiger partial charge in [0.05, 0.1) is 28.9 Å². The quantitative estimate of drug-likeness (QED) is 0.428. The van der Waals surface area contributed by atoms with Crippen molar-refractivity contribution in [1.29, 1.82) is 0 Å². The van der Waals surface area contributed by atoms with Gasteiger partial charge < -0.3 is 14.8 Å². The highest BCUT2D eigenvalue weighted by molar-refractivity contribution is 7.88. The highest BCUT2D eigenvalue weighted by Gasteiger charge is 2.35. The lowest BCUT2D eigenvalue weighted by Crippen LogP contribution is -2.50. The first-order valence-corrected chi connectivity index (χ1v) is 10.9. The molecule has 10 heteroatoms. The zero-order valence-electron chi connectivity index (χ0n) is 15.1. The largest absolute Gasteiger partial charge is 0.373 e. The first-order valence-electron chi connectivity index (χ1n) is 7.89. The molecule has 1 atom stereocenters. The van der Waals surface area contributed by atoms with Crippen LogP contribution in [0.5, 0.6) is 0 Å². The third kappa shape index (κ3) is 6.60. The zero-order valence-corrected chi connectivity index (χ0v) is 18.3. The standard InChI is InChI=1S/C16H24Cl2N2O4S2/c1-5-6-14(20-26(4,21)22)15(25)19-10-16(23-2,24-3)12-8-7-11(17)9-13(12)18/h7-9,14,20H,5-6,10H2,1-4H3,(H,19,25). The average Bonchev–Trinajstić information content (AvgIpc) is 2.55. The molecule has 26 heavy (non-hydrogen) atoms. The minimum absolute atomic E-state index is 0.131. The van der Waals surface area contributed by atoms with Crippen molar-refractivity contribution >= 4 is 50.4 Å². The Morgan fingerprint density at radius 3 is 2.38 bits per heavy atom. The monoisotopic (exact) mass is 442 g/mol. The van der Waals surface area contributed by atoms with E-state index in [2.05, 4.69) is 10.0 Å². The van der Waals surface area contributed by atoms with Gasteiger partial charge in [-0.2, -0.15) is 0 Å². The van der Waals surface area contributed by atoms with E-state index in [1.807, 2.05) is 6.92 Å². The minimum Gasteiger partial charge on any atom is -0.373 e. The molecule has 1 aromatic carbocycles. The van der Waals surface area contributed by atoms with Gasteiger partial charge in [-0.25, -0.2) is 13.1 Å². The minimum atomic E-state index is -3.39. The molecular formula is C16H24Cl2N2O4S2. The number of ether oxygens (including phenoxy) is 2. The fourth-order valence-electron chi connectivity index (χ4n) is 2.46. The maximum Gasteiger partial charge on any atom is 0.213 e. The van der Waals surface area contributed by atoms with Crippen LogP contribution in [0.15, 0.2) is 18.2 Å². The van der Waals surface area contributed by atoms with E-state index in [0.717, 1.165) is 12.7 Å². The van der Waals surface area contributed by atoms with Crippen LogP contribution in [0.4, 0.5) is 0 Å². The lowest BCUT2D eigenvalue weighted by Gasteiger charge is -2.33. The fourth-order valence-corrected chi connectivity index (χ4v) is 4.09. The molecule has 0 aliphatic carbocycles. The number of sulfonamides is 1. The second-order valence-corrected chi connectivity index (χ2v) is 8.80. The Morgan fingerprint density at radius 2 is 1.92 bits per heavy atom. The number of benzene rings is 1. The molecule has 0 heterocycles. The van der Waals surface area contributed by atoms with Gasteiger partial charge in [0.2, 0.25) is 15.8 Å². The number of hydrogen-bond acceptors (Lipinski definition) is 5. The van der Waals surface area contributed by atoms with Crippen molar-refractivity contribution in [2.45, 2.75) is 31.6 Å². The molecule has 0 amide bonds. The Labute approximate surface area is 170 Å². The predicted octanol–water partition coefficient (Wildman–Crippen LogP) is 3.07. The van der Waals surface area contributed by atoms with E-state index in [1.54, 1.807) is 18.2 Å². The molecule has 0 fully saturated rings. The molecule has 0 radical (unpaired) electrons. The summed E-state index contributed by atoms with van der Waals surface area (Å²) < 4.78 is 36.8. The van der Waals surface area contributed by atoms with Crippen molar-refractivity contribution in [3.63, 3.8) is 0 Å². The number of nitrogens with one attached hydrogen (secondary N) is 2. The van der Waals surface area contributed by atoms with E-state index in [-0.39, 0.29) is 6.54 Å². The van der Waals surface area contributed by atoms with Crippen LogP contribution < -0.4 is 10.0 Å². The summed E-state index contributed by atoms with van der Waals surface area (Å²) in [6, 6.07) is 4.46. The maximum atomic E-state index is 11.6. The summed E-state index contributed by atoms with van der Waals surface area (Å²) >= 11 is 17.6. The van der Waals surface area contributed by atoms with Crippen molar-refractivity contribution in [2.75, 3.05) is 27.0 Å². The molecule has 0 aromatic heterocycles. The highest BCUT2D eigenvalue weighted by atomic mass is 35.5. The predicted molar refractivity (Wildman–Crippen MR) is 109 cm³/mol. The van der Waals surface area contributed by atoms with Crippen LogP contribution in [-0.4, -0.2) is 46.5 Å². The van der Waals surface area contributed by atoms with Crippen molar-refractivity contribution in [3.05, 3.63) is 33.8 Å². The van der Waals surface area contributed by atoms with E-state index in [9.17, 15) is 8.42 Å². The van der Waals surface area contributed by atoms with Crippen molar-refractivity contribution in [1.82, 2.24) is 10.0 Å². The summed E-state index contributed by atoms with van der Waals surface area (Å²) in [6.45, 7) is 2.08. The summed E-state index contributed by atoms with van der Waals surface area (Å²) in [5.41, 5.74) is 0.576. The van der Waals surface area contributed by atoms with Crippen LogP contribution in [0.2, 0.25) is 10.0 Å². The van der Waals surface area contributed by atoms with Gasteiger partial charge in [0, 0.05) is 24.8 Å². The van der Waals surface area contributed by atoms with E-state index >= 15 is 0 Å². The van der Waals surface area contributed by atoms with Gasteiger partial charge >= 0.3 is 0 Å². The zero-order chi connectivity index (χ0) is 20.0. The number of methoxy groups -OCH3 is 2. The summed E-state index contributed by atoms with van der Waals surface area (Å²) in [7, 11) is -0.428. The van der Waals surface area contributed by atoms with Crippen LogP contribution in [-0.2, 0) is 25.3 Å². The van der Waals surface area contributed by atoms with E-state index < -0.39 is 21.9 Å². The first kappa shape index (κ1) is 23.6. The SMILES string of the molecule is CCCC(NS(C)(=O)=O)C(=S)NCC(OC)(OC)c1ccc(Cl)cc1Cl. The van der Waals surface area contributed by atoms with E-state index in [1.165, 1.54) is 14.2 Å². The molecule has 6 nitrogen and oxygen atoms in total. The second-order valence-electron chi connectivity index (χ2n) is 5.73. The topological polar surface area (TPSA) is 76.7 Å². The summed E-state index contributed by atoms with van der Waals surface area (Å²) in [4.78, 5) is 0.348. The fraction of sp³-hybridized carbons (Fsp3) is 0.562. The van der Waals surface area contributed by atoms with Gasteiger partial charge in [-0.15, -0.1) is 0 Å². The molecule has 0 saturated heterocycles. The Morgan fingerprint density at radius 1 is 1.31 bits per heavy atom. The van der Waals surface area contributed by atoms with Gasteiger partial charge in [-0.3, -0.25) is 0 Å². The van der Waals surface area contributed by atoms with Crippen LogP contribution in [0.3, 0.4) is 0 Å².